The van der Waals surface area contributed by atoms with Gasteiger partial charge in [0.05, 0.1) is 24.5 Å². The third-order valence-corrected chi connectivity index (χ3v) is 6.05. The Hall–Kier alpha value is -2.38. The smallest absolute Gasteiger partial charge is 0.228 e. The molecule has 0 aliphatic carbocycles. The van der Waals surface area contributed by atoms with Gasteiger partial charge in [0.1, 0.15) is 6.33 Å². The average Bonchev–Trinajstić information content (AvgIpc) is 3.26. The zero-order valence-electron chi connectivity index (χ0n) is 15.5. The van der Waals surface area contributed by atoms with E-state index >= 15 is 0 Å². The van der Waals surface area contributed by atoms with Crippen molar-refractivity contribution in [2.45, 2.75) is 33.4 Å². The topological polar surface area (TPSA) is 68.8 Å². The number of likely N-dealkylation sites (tertiary alicyclic amines) is 1. The van der Waals surface area contributed by atoms with Crippen molar-refractivity contribution in [2.24, 2.45) is 5.41 Å². The zero-order valence-corrected chi connectivity index (χ0v) is 17.0. The van der Waals surface area contributed by atoms with E-state index < -0.39 is 0 Å². The molecular formula is C19H18Cl2N6O. The van der Waals surface area contributed by atoms with Crippen LogP contribution in [0.1, 0.15) is 31.8 Å². The van der Waals surface area contributed by atoms with Gasteiger partial charge in [-0.25, -0.2) is 14.6 Å². The Bertz CT molecular complexity index is 1120. The largest absolute Gasteiger partial charge is 0.335 e. The highest BCUT2D eigenvalue weighted by Crippen LogP contribution is 2.35. The molecule has 0 N–H and O–H groups in total. The van der Waals surface area contributed by atoms with Gasteiger partial charge in [-0.2, -0.15) is 5.10 Å². The van der Waals surface area contributed by atoms with Gasteiger partial charge >= 0.3 is 0 Å². The molecule has 0 spiro atoms. The van der Waals surface area contributed by atoms with E-state index in [-0.39, 0.29) is 11.3 Å². The van der Waals surface area contributed by atoms with Crippen LogP contribution in [0.5, 0.6) is 0 Å². The number of hydrogen-bond acceptors (Lipinski definition) is 4. The predicted molar refractivity (Wildman–Crippen MR) is 106 cm³/mol. The predicted octanol–water partition coefficient (Wildman–Crippen LogP) is 3.56. The van der Waals surface area contributed by atoms with Crippen molar-refractivity contribution in [3.05, 3.63) is 46.2 Å². The molecule has 1 aromatic carbocycles. The average molecular weight is 417 g/mol. The fourth-order valence-electron chi connectivity index (χ4n) is 3.88. The number of fused-ring (bicyclic) bond motifs is 5. The summed E-state index contributed by atoms with van der Waals surface area (Å²) in [7, 11) is 0. The fraction of sp³-hybridized carbons (Fsp3) is 0.368. The van der Waals surface area contributed by atoms with Crippen molar-refractivity contribution in [1.29, 1.82) is 0 Å². The number of aromatic nitrogens is 5. The minimum Gasteiger partial charge on any atom is -0.335 e. The molecule has 4 heterocycles. The summed E-state index contributed by atoms with van der Waals surface area (Å²) in [5, 5.41) is 5.72. The van der Waals surface area contributed by atoms with Gasteiger partial charge in [-0.15, -0.1) is 0 Å². The standard InChI is InChI=1S/C19H18Cl2N6O/c1-19(2)5-6-25(18(19)28)9-15-23-17-12-7-11(20)3-4-13(12)26-10-22-16(21)14(26)8-27(17)24-15/h3-4,7,10H,5-6,8-9H2,1-2H3. The summed E-state index contributed by atoms with van der Waals surface area (Å²) in [6.45, 7) is 5.51. The summed E-state index contributed by atoms with van der Waals surface area (Å²) in [5.41, 5.74) is 2.26. The third kappa shape index (κ3) is 2.64. The molecule has 3 aromatic rings. The number of carbonyl (C=O) groups is 1. The van der Waals surface area contributed by atoms with E-state index in [2.05, 4.69) is 10.1 Å². The Morgan fingerprint density at radius 1 is 1.25 bits per heavy atom. The molecule has 7 nitrogen and oxygen atoms in total. The van der Waals surface area contributed by atoms with Crippen LogP contribution in [0.4, 0.5) is 0 Å². The van der Waals surface area contributed by atoms with Crippen LogP contribution in [0.2, 0.25) is 10.2 Å². The second-order valence-corrected chi connectivity index (χ2v) is 8.68. The lowest BCUT2D eigenvalue weighted by atomic mass is 9.92. The van der Waals surface area contributed by atoms with Gasteiger partial charge < -0.3 is 4.90 Å². The first-order valence-electron chi connectivity index (χ1n) is 9.08. The maximum Gasteiger partial charge on any atom is 0.228 e. The van der Waals surface area contributed by atoms with Crippen LogP contribution < -0.4 is 0 Å². The molecule has 0 bridgehead atoms. The molecular weight excluding hydrogens is 399 g/mol. The van der Waals surface area contributed by atoms with Crippen molar-refractivity contribution in [3.63, 3.8) is 0 Å². The molecule has 2 aliphatic heterocycles. The number of rotatable bonds is 2. The lowest BCUT2D eigenvalue weighted by Crippen LogP contribution is -2.30. The maximum absolute atomic E-state index is 12.6. The summed E-state index contributed by atoms with van der Waals surface area (Å²) in [6, 6.07) is 5.63. The van der Waals surface area contributed by atoms with Crippen LogP contribution in [0.15, 0.2) is 24.5 Å². The van der Waals surface area contributed by atoms with Crippen molar-refractivity contribution in [2.75, 3.05) is 6.54 Å². The van der Waals surface area contributed by atoms with E-state index in [1.165, 1.54) is 0 Å². The highest BCUT2D eigenvalue weighted by molar-refractivity contribution is 6.31. The van der Waals surface area contributed by atoms with Crippen molar-refractivity contribution in [1.82, 2.24) is 29.2 Å². The molecule has 0 radical (unpaired) electrons. The summed E-state index contributed by atoms with van der Waals surface area (Å²) < 4.78 is 3.75. The SMILES string of the molecule is CC1(C)CCN(Cc2nc3n(n2)Cc2c(Cl)ncn2-c2ccc(Cl)cc2-3)C1=O. The second kappa shape index (κ2) is 6.06. The summed E-state index contributed by atoms with van der Waals surface area (Å²) in [5.74, 6) is 1.45. The molecule has 144 valence electrons. The summed E-state index contributed by atoms with van der Waals surface area (Å²) in [4.78, 5) is 23.4. The van der Waals surface area contributed by atoms with E-state index in [0.717, 1.165) is 29.9 Å². The lowest BCUT2D eigenvalue weighted by molar-refractivity contribution is -0.135. The van der Waals surface area contributed by atoms with Gasteiger partial charge in [0.15, 0.2) is 16.8 Å². The minimum atomic E-state index is -0.322. The fourth-order valence-corrected chi connectivity index (χ4v) is 4.24. The minimum absolute atomic E-state index is 0.141. The van der Waals surface area contributed by atoms with E-state index in [1.807, 2.05) is 46.2 Å². The van der Waals surface area contributed by atoms with E-state index in [4.69, 9.17) is 28.2 Å². The van der Waals surface area contributed by atoms with Crippen LogP contribution in [-0.4, -0.2) is 41.7 Å². The molecule has 1 fully saturated rings. The first kappa shape index (κ1) is 17.7. The number of hydrogen-bond donors (Lipinski definition) is 0. The van der Waals surface area contributed by atoms with Gasteiger partial charge in [0, 0.05) is 22.5 Å². The van der Waals surface area contributed by atoms with Gasteiger partial charge in [-0.1, -0.05) is 37.0 Å². The second-order valence-electron chi connectivity index (χ2n) is 7.88. The van der Waals surface area contributed by atoms with E-state index in [1.54, 1.807) is 6.33 Å². The first-order chi connectivity index (χ1) is 13.3. The van der Waals surface area contributed by atoms with Crippen LogP contribution in [-0.2, 0) is 17.9 Å². The summed E-state index contributed by atoms with van der Waals surface area (Å²) in [6.07, 6.45) is 2.54. The van der Waals surface area contributed by atoms with Crippen LogP contribution >= 0.6 is 23.2 Å². The maximum atomic E-state index is 12.6. The third-order valence-electron chi connectivity index (χ3n) is 5.49. The number of benzene rings is 1. The van der Waals surface area contributed by atoms with Crippen LogP contribution in [0, 0.1) is 5.41 Å². The number of carbonyl (C=O) groups excluding carboxylic acids is 1. The van der Waals surface area contributed by atoms with Gasteiger partial charge in [0.2, 0.25) is 5.91 Å². The number of halogens is 2. The molecule has 0 saturated carbocycles. The first-order valence-corrected chi connectivity index (χ1v) is 9.84. The van der Waals surface area contributed by atoms with Crippen LogP contribution in [0.3, 0.4) is 0 Å². The van der Waals surface area contributed by atoms with Gasteiger partial charge in [-0.3, -0.25) is 9.36 Å². The van der Waals surface area contributed by atoms with Gasteiger partial charge in [0.25, 0.3) is 0 Å². The number of imidazole rings is 1. The molecule has 0 atom stereocenters. The molecule has 2 aromatic heterocycles. The van der Waals surface area contributed by atoms with E-state index in [9.17, 15) is 4.79 Å². The van der Waals surface area contributed by atoms with Gasteiger partial charge in [-0.05, 0) is 24.6 Å². The Morgan fingerprint density at radius 2 is 2.07 bits per heavy atom. The van der Waals surface area contributed by atoms with Crippen LogP contribution in [0.25, 0.3) is 17.1 Å². The number of amides is 1. The quantitative estimate of drug-likeness (QED) is 0.500. The van der Waals surface area contributed by atoms with Crippen molar-refractivity contribution >= 4 is 29.1 Å². The lowest BCUT2D eigenvalue weighted by Gasteiger charge is -2.17. The Morgan fingerprint density at radius 3 is 2.82 bits per heavy atom. The number of nitrogens with zero attached hydrogens (tertiary/aromatic N) is 6. The molecule has 9 heteroatoms. The Balaban J connectivity index is 1.59. The Kier molecular flexibility index (Phi) is 3.83. The molecule has 5 rings (SSSR count). The zero-order chi connectivity index (χ0) is 19.6. The molecule has 28 heavy (non-hydrogen) atoms. The highest BCUT2D eigenvalue weighted by Gasteiger charge is 2.39. The highest BCUT2D eigenvalue weighted by atomic mass is 35.5. The van der Waals surface area contributed by atoms with Crippen molar-refractivity contribution < 1.29 is 4.79 Å². The molecule has 1 amide bonds. The monoisotopic (exact) mass is 416 g/mol. The normalized spacial score (nSPS) is 17.3. The summed E-state index contributed by atoms with van der Waals surface area (Å²) >= 11 is 12.6. The van der Waals surface area contributed by atoms with E-state index in [0.29, 0.717) is 34.9 Å². The van der Waals surface area contributed by atoms with Crippen molar-refractivity contribution in [3.8, 4) is 17.1 Å². The molecule has 1 saturated heterocycles. The Labute approximate surface area is 171 Å². The molecule has 0 unspecified atom stereocenters. The molecule has 2 aliphatic rings.